The lowest BCUT2D eigenvalue weighted by molar-refractivity contribution is 0.0894. The van der Waals surface area contributed by atoms with Crippen molar-refractivity contribution in [2.24, 2.45) is 0 Å². The van der Waals surface area contributed by atoms with E-state index in [1.807, 2.05) is 37.3 Å². The molecule has 1 aliphatic rings. The summed E-state index contributed by atoms with van der Waals surface area (Å²) in [5.41, 5.74) is 7.32. The smallest absolute Gasteiger partial charge is 0.251 e. The number of methoxy groups -OCH3 is 2. The SMILES string of the molecule is CC[C@@H](COC)NC(=O)c1ccc(-c2n[nH]c3c2CCc2cc(OC)ccc2-3)cc1. The maximum absolute atomic E-state index is 12.5. The van der Waals surface area contributed by atoms with Gasteiger partial charge in [-0.05, 0) is 55.2 Å². The number of aromatic amines is 1. The normalized spacial score (nSPS) is 13.3. The van der Waals surface area contributed by atoms with Crippen molar-refractivity contribution in [2.45, 2.75) is 32.2 Å². The van der Waals surface area contributed by atoms with Crippen LogP contribution in [0.4, 0.5) is 0 Å². The van der Waals surface area contributed by atoms with Crippen molar-refractivity contribution in [2.75, 3.05) is 20.8 Å². The minimum Gasteiger partial charge on any atom is -0.497 e. The molecule has 0 fully saturated rings. The molecule has 3 aromatic rings. The Hall–Kier alpha value is -3.12. The van der Waals surface area contributed by atoms with Crippen LogP contribution in [0.15, 0.2) is 42.5 Å². The predicted molar refractivity (Wildman–Crippen MR) is 117 cm³/mol. The fraction of sp³-hybridized carbons (Fsp3) is 0.333. The van der Waals surface area contributed by atoms with Crippen LogP contribution in [0.25, 0.3) is 22.5 Å². The zero-order chi connectivity index (χ0) is 21.1. The Kier molecular flexibility index (Phi) is 5.86. The molecule has 1 atom stereocenters. The molecular formula is C24H27N3O3. The van der Waals surface area contributed by atoms with Gasteiger partial charge in [0.25, 0.3) is 5.91 Å². The molecule has 0 saturated heterocycles. The Morgan fingerprint density at radius 3 is 2.67 bits per heavy atom. The highest BCUT2D eigenvalue weighted by Gasteiger charge is 2.23. The molecule has 2 N–H and O–H groups in total. The number of ether oxygens (including phenoxy) is 2. The summed E-state index contributed by atoms with van der Waals surface area (Å²) in [6, 6.07) is 13.8. The molecule has 6 nitrogen and oxygen atoms in total. The van der Waals surface area contributed by atoms with Crippen LogP contribution in [-0.2, 0) is 17.6 Å². The minimum absolute atomic E-state index is 0.0132. The number of carbonyl (C=O) groups excluding carboxylic acids is 1. The van der Waals surface area contributed by atoms with E-state index in [0.717, 1.165) is 42.0 Å². The highest BCUT2D eigenvalue weighted by atomic mass is 16.5. The molecule has 4 rings (SSSR count). The van der Waals surface area contributed by atoms with Crippen molar-refractivity contribution < 1.29 is 14.3 Å². The van der Waals surface area contributed by atoms with Crippen LogP contribution in [0.3, 0.4) is 0 Å². The van der Waals surface area contributed by atoms with Crippen molar-refractivity contribution >= 4 is 5.91 Å². The van der Waals surface area contributed by atoms with Gasteiger partial charge in [0.1, 0.15) is 5.75 Å². The van der Waals surface area contributed by atoms with Gasteiger partial charge in [0, 0.05) is 29.4 Å². The molecule has 0 spiro atoms. The number of H-pyrrole nitrogens is 1. The van der Waals surface area contributed by atoms with Crippen molar-refractivity contribution in [1.82, 2.24) is 15.5 Å². The lowest BCUT2D eigenvalue weighted by Crippen LogP contribution is -2.37. The van der Waals surface area contributed by atoms with Gasteiger partial charge in [0.05, 0.1) is 31.1 Å². The van der Waals surface area contributed by atoms with Gasteiger partial charge in [-0.3, -0.25) is 9.89 Å². The van der Waals surface area contributed by atoms with E-state index < -0.39 is 0 Å². The fourth-order valence-corrected chi connectivity index (χ4v) is 3.99. The lowest BCUT2D eigenvalue weighted by atomic mass is 9.87. The van der Waals surface area contributed by atoms with Crippen molar-refractivity contribution in [1.29, 1.82) is 0 Å². The summed E-state index contributed by atoms with van der Waals surface area (Å²) < 4.78 is 10.5. The predicted octanol–water partition coefficient (Wildman–Crippen LogP) is 4.01. The number of carbonyl (C=O) groups is 1. The first kappa shape index (κ1) is 20.2. The molecule has 0 unspecified atom stereocenters. The Morgan fingerprint density at radius 1 is 1.17 bits per heavy atom. The minimum atomic E-state index is -0.0858. The number of nitrogens with one attached hydrogen (secondary N) is 2. The second kappa shape index (κ2) is 8.71. The number of benzene rings is 2. The number of aromatic nitrogens is 2. The summed E-state index contributed by atoms with van der Waals surface area (Å²) in [4.78, 5) is 12.5. The molecule has 6 heteroatoms. The average molecular weight is 405 g/mol. The topological polar surface area (TPSA) is 76.2 Å². The molecule has 1 aliphatic carbocycles. The Morgan fingerprint density at radius 2 is 1.97 bits per heavy atom. The van der Waals surface area contributed by atoms with Gasteiger partial charge in [-0.1, -0.05) is 19.1 Å². The second-order valence-electron chi connectivity index (χ2n) is 7.56. The number of amides is 1. The van der Waals surface area contributed by atoms with Crippen molar-refractivity contribution in [3.8, 4) is 28.3 Å². The van der Waals surface area contributed by atoms with Gasteiger partial charge < -0.3 is 14.8 Å². The summed E-state index contributed by atoms with van der Waals surface area (Å²) in [5.74, 6) is 0.791. The lowest BCUT2D eigenvalue weighted by Gasteiger charge is -2.17. The number of fused-ring (bicyclic) bond motifs is 3. The maximum atomic E-state index is 12.5. The van der Waals surface area contributed by atoms with Crippen LogP contribution in [0, 0.1) is 0 Å². The molecule has 0 saturated carbocycles. The summed E-state index contributed by atoms with van der Waals surface area (Å²) in [7, 11) is 3.33. The van der Waals surface area contributed by atoms with E-state index in [0.29, 0.717) is 12.2 Å². The zero-order valence-electron chi connectivity index (χ0n) is 17.6. The van der Waals surface area contributed by atoms with Gasteiger partial charge in [0.15, 0.2) is 0 Å². The van der Waals surface area contributed by atoms with Crippen molar-refractivity contribution in [3.63, 3.8) is 0 Å². The van der Waals surface area contributed by atoms with Crippen LogP contribution in [0.5, 0.6) is 5.75 Å². The van der Waals surface area contributed by atoms with Crippen molar-refractivity contribution in [3.05, 3.63) is 59.2 Å². The van der Waals surface area contributed by atoms with E-state index in [-0.39, 0.29) is 11.9 Å². The van der Waals surface area contributed by atoms with Crippen LogP contribution < -0.4 is 10.1 Å². The van der Waals surface area contributed by atoms with Gasteiger partial charge in [-0.2, -0.15) is 5.10 Å². The first-order valence-corrected chi connectivity index (χ1v) is 10.3. The van der Waals surface area contributed by atoms with E-state index >= 15 is 0 Å². The van der Waals surface area contributed by atoms with Gasteiger partial charge in [-0.25, -0.2) is 0 Å². The molecule has 0 bridgehead atoms. The van der Waals surface area contributed by atoms with E-state index in [1.54, 1.807) is 14.2 Å². The molecule has 1 aromatic heterocycles. The molecule has 2 aromatic carbocycles. The Labute approximate surface area is 176 Å². The highest BCUT2D eigenvalue weighted by molar-refractivity contribution is 5.95. The maximum Gasteiger partial charge on any atom is 0.251 e. The number of hydrogen-bond donors (Lipinski definition) is 2. The van der Waals surface area contributed by atoms with Crippen LogP contribution >= 0.6 is 0 Å². The quantitative estimate of drug-likeness (QED) is 0.623. The Bertz CT molecular complexity index is 1040. The van der Waals surface area contributed by atoms with E-state index in [2.05, 4.69) is 27.6 Å². The molecule has 30 heavy (non-hydrogen) atoms. The standard InChI is InChI=1S/C24H27N3O3/c1-4-18(14-29-2)25-24(28)16-7-5-15(6-8-16)22-21-11-9-17-13-19(30-3)10-12-20(17)23(21)27-26-22/h5-8,10,12-13,18H,4,9,11,14H2,1-3H3,(H,25,28)(H,26,27)/t18-/m0/s1. The third-order valence-electron chi connectivity index (χ3n) is 5.71. The second-order valence-corrected chi connectivity index (χ2v) is 7.56. The highest BCUT2D eigenvalue weighted by Crippen LogP contribution is 2.38. The van der Waals surface area contributed by atoms with Crippen LogP contribution in [-0.4, -0.2) is 43.0 Å². The van der Waals surface area contributed by atoms with Crippen LogP contribution in [0.2, 0.25) is 0 Å². The number of nitrogens with zero attached hydrogens (tertiary/aromatic N) is 1. The average Bonchev–Trinajstić information content (AvgIpc) is 3.23. The molecular weight excluding hydrogens is 378 g/mol. The molecule has 0 radical (unpaired) electrons. The molecule has 156 valence electrons. The van der Waals surface area contributed by atoms with Gasteiger partial charge in [0.2, 0.25) is 0 Å². The fourth-order valence-electron chi connectivity index (χ4n) is 3.99. The molecule has 0 aliphatic heterocycles. The number of rotatable bonds is 7. The number of aryl methyl sites for hydroxylation is 1. The molecule has 1 amide bonds. The van der Waals surface area contributed by atoms with Gasteiger partial charge >= 0.3 is 0 Å². The zero-order valence-corrected chi connectivity index (χ0v) is 17.6. The first-order valence-electron chi connectivity index (χ1n) is 10.3. The van der Waals surface area contributed by atoms with Crippen LogP contribution in [0.1, 0.15) is 34.8 Å². The summed E-state index contributed by atoms with van der Waals surface area (Å²) in [5, 5.41) is 10.8. The monoisotopic (exact) mass is 405 g/mol. The summed E-state index contributed by atoms with van der Waals surface area (Å²) in [6.45, 7) is 2.54. The van der Waals surface area contributed by atoms with E-state index in [1.165, 1.54) is 16.7 Å². The third-order valence-corrected chi connectivity index (χ3v) is 5.71. The third kappa shape index (κ3) is 3.83. The first-order chi connectivity index (χ1) is 14.6. The molecule has 1 heterocycles. The van der Waals surface area contributed by atoms with E-state index in [4.69, 9.17) is 9.47 Å². The summed E-state index contributed by atoms with van der Waals surface area (Å²) in [6.07, 6.45) is 2.69. The summed E-state index contributed by atoms with van der Waals surface area (Å²) >= 11 is 0. The van der Waals surface area contributed by atoms with Gasteiger partial charge in [-0.15, -0.1) is 0 Å². The van der Waals surface area contributed by atoms with E-state index in [9.17, 15) is 4.79 Å². The number of hydrogen-bond acceptors (Lipinski definition) is 4. The largest absolute Gasteiger partial charge is 0.497 e. The Balaban J connectivity index is 1.56.